The topological polar surface area (TPSA) is 20.2 Å². The molecule has 0 spiro atoms. The Hall–Kier alpha value is 0.830. The molecule has 0 aromatic heterocycles. The van der Waals surface area contributed by atoms with Crippen LogP contribution in [0.2, 0.25) is 0 Å². The minimum absolute atomic E-state index is 0.250. The third kappa shape index (κ3) is 337. The molecule has 0 aliphatic rings. The number of alkyl halides is 3. The molecule has 0 bridgehead atoms. The van der Waals surface area contributed by atoms with Crippen LogP contribution >= 0.6 is 34.8 Å². The molecule has 8 heavy (non-hydrogen) atoms. The van der Waals surface area contributed by atoms with E-state index < -0.39 is 3.79 Å². The molecular formula is C4H9Cl3O. The van der Waals surface area contributed by atoms with Gasteiger partial charge in [0.15, 0.2) is 3.79 Å². The molecule has 0 fully saturated rings. The molecule has 0 heterocycles. The summed E-state index contributed by atoms with van der Waals surface area (Å²) in [5.74, 6) is 0. The van der Waals surface area contributed by atoms with Crippen molar-refractivity contribution in [3.05, 3.63) is 0 Å². The van der Waals surface area contributed by atoms with E-state index in [2.05, 4.69) is 0 Å². The third-order valence-corrected chi connectivity index (χ3v) is 0. The zero-order chi connectivity index (χ0) is 7.21. The van der Waals surface area contributed by atoms with Crippen molar-refractivity contribution in [3.63, 3.8) is 0 Å². The lowest BCUT2D eigenvalue weighted by Gasteiger charge is -1.94. The van der Waals surface area contributed by atoms with E-state index in [-0.39, 0.29) is 6.61 Å². The van der Waals surface area contributed by atoms with Gasteiger partial charge in [0.25, 0.3) is 0 Å². The number of halogens is 3. The monoisotopic (exact) mass is 178 g/mol. The first-order valence-electron chi connectivity index (χ1n) is 2.09. The van der Waals surface area contributed by atoms with Crippen LogP contribution in [0.25, 0.3) is 0 Å². The standard InChI is InChI=1S/C2H3Cl3.C2H6O/c1-2(3,4)5;1-2-3/h1H3;3H,2H2,1H3. The second kappa shape index (κ2) is 5.96. The molecule has 1 N–H and O–H groups in total. The molecule has 0 aliphatic heterocycles. The van der Waals surface area contributed by atoms with E-state index in [1.54, 1.807) is 6.92 Å². The average molecular weight is 179 g/mol. The molecule has 4 heteroatoms. The van der Waals surface area contributed by atoms with E-state index in [4.69, 9.17) is 39.9 Å². The molecular weight excluding hydrogens is 170 g/mol. The fraction of sp³-hybridized carbons (Fsp3) is 1.00. The van der Waals surface area contributed by atoms with Gasteiger partial charge in [0, 0.05) is 6.61 Å². The van der Waals surface area contributed by atoms with Crippen LogP contribution < -0.4 is 0 Å². The summed E-state index contributed by atoms with van der Waals surface area (Å²) in [6, 6.07) is 0. The molecule has 0 saturated heterocycles. The second-order valence-electron chi connectivity index (χ2n) is 1.10. The van der Waals surface area contributed by atoms with E-state index in [9.17, 15) is 0 Å². The van der Waals surface area contributed by atoms with Gasteiger partial charge in [0.05, 0.1) is 0 Å². The summed E-state index contributed by atoms with van der Waals surface area (Å²) >= 11 is 15.2. The van der Waals surface area contributed by atoms with Crippen molar-refractivity contribution in [3.8, 4) is 0 Å². The summed E-state index contributed by atoms with van der Waals surface area (Å²) in [4.78, 5) is 0. The molecule has 0 unspecified atom stereocenters. The Morgan fingerprint density at radius 3 is 1.38 bits per heavy atom. The lowest BCUT2D eigenvalue weighted by atomic mass is 10.9. The highest BCUT2D eigenvalue weighted by Crippen LogP contribution is 2.23. The Bertz CT molecular complexity index is 35.0. The predicted octanol–water partition coefficient (Wildman–Crippen LogP) is 2.38. The Morgan fingerprint density at radius 2 is 1.38 bits per heavy atom. The van der Waals surface area contributed by atoms with Gasteiger partial charge >= 0.3 is 0 Å². The number of rotatable bonds is 0. The van der Waals surface area contributed by atoms with E-state index in [1.807, 2.05) is 0 Å². The van der Waals surface area contributed by atoms with Crippen molar-refractivity contribution in [2.75, 3.05) is 6.61 Å². The van der Waals surface area contributed by atoms with Gasteiger partial charge in [0.2, 0.25) is 0 Å². The molecule has 0 saturated carbocycles. The molecule has 0 aromatic rings. The zero-order valence-electron chi connectivity index (χ0n) is 4.79. The van der Waals surface area contributed by atoms with Crippen LogP contribution in [0.5, 0.6) is 0 Å². The Kier molecular flexibility index (Phi) is 8.64. The van der Waals surface area contributed by atoms with Crippen LogP contribution in [-0.4, -0.2) is 15.5 Å². The summed E-state index contributed by atoms with van der Waals surface area (Å²) in [6.45, 7) is 3.41. The number of aliphatic hydroxyl groups is 1. The van der Waals surface area contributed by atoms with Crippen LogP contribution in [0.4, 0.5) is 0 Å². The predicted molar refractivity (Wildman–Crippen MR) is 38.7 cm³/mol. The number of hydrogen-bond acceptors (Lipinski definition) is 1. The summed E-state index contributed by atoms with van der Waals surface area (Å²) in [7, 11) is 0. The maximum Gasteiger partial charge on any atom is 0.187 e. The maximum atomic E-state index is 7.57. The van der Waals surface area contributed by atoms with E-state index in [0.29, 0.717) is 0 Å². The average Bonchev–Trinajstić information content (AvgIpc) is 1.27. The van der Waals surface area contributed by atoms with Crippen LogP contribution in [0.3, 0.4) is 0 Å². The van der Waals surface area contributed by atoms with E-state index in [0.717, 1.165) is 0 Å². The maximum absolute atomic E-state index is 7.57. The number of hydrogen-bond donors (Lipinski definition) is 1. The molecule has 52 valence electrons. The Labute approximate surface area is 64.5 Å². The van der Waals surface area contributed by atoms with Crippen molar-refractivity contribution in [2.24, 2.45) is 0 Å². The SMILES string of the molecule is CC(Cl)(Cl)Cl.CCO. The normalized spacial score (nSPS) is 9.75. The summed E-state index contributed by atoms with van der Waals surface area (Å²) < 4.78 is -1.08. The molecule has 1 nitrogen and oxygen atoms in total. The minimum atomic E-state index is -1.08. The van der Waals surface area contributed by atoms with Crippen molar-refractivity contribution >= 4 is 34.8 Å². The van der Waals surface area contributed by atoms with Crippen LogP contribution in [0, 0.1) is 0 Å². The van der Waals surface area contributed by atoms with Gasteiger partial charge in [0.1, 0.15) is 0 Å². The largest absolute Gasteiger partial charge is 0.397 e. The molecule has 0 rings (SSSR count). The molecule has 0 radical (unpaired) electrons. The van der Waals surface area contributed by atoms with Gasteiger partial charge in [-0.15, -0.1) is 0 Å². The zero-order valence-corrected chi connectivity index (χ0v) is 7.06. The first-order valence-corrected chi connectivity index (χ1v) is 3.22. The van der Waals surface area contributed by atoms with Crippen LogP contribution in [-0.2, 0) is 0 Å². The highest BCUT2D eigenvalue weighted by molar-refractivity contribution is 6.67. The van der Waals surface area contributed by atoms with Gasteiger partial charge in [-0.2, -0.15) is 0 Å². The number of aliphatic hydroxyl groups excluding tert-OH is 1. The van der Waals surface area contributed by atoms with Crippen molar-refractivity contribution in [1.29, 1.82) is 0 Å². The van der Waals surface area contributed by atoms with Crippen molar-refractivity contribution < 1.29 is 5.11 Å². The summed E-state index contributed by atoms with van der Waals surface area (Å²) in [6.07, 6.45) is 0. The molecule has 0 amide bonds. The lowest BCUT2D eigenvalue weighted by Crippen LogP contribution is -1.87. The third-order valence-electron chi connectivity index (χ3n) is 0. The van der Waals surface area contributed by atoms with Gasteiger partial charge in [-0.05, 0) is 13.8 Å². The second-order valence-corrected chi connectivity index (χ2v) is 3.95. The van der Waals surface area contributed by atoms with Crippen LogP contribution in [0.15, 0.2) is 0 Å². The lowest BCUT2D eigenvalue weighted by molar-refractivity contribution is 0.318. The van der Waals surface area contributed by atoms with Gasteiger partial charge in [-0.1, -0.05) is 34.8 Å². The van der Waals surface area contributed by atoms with Crippen molar-refractivity contribution in [1.82, 2.24) is 0 Å². The highest BCUT2D eigenvalue weighted by atomic mass is 35.6. The van der Waals surface area contributed by atoms with Gasteiger partial charge < -0.3 is 5.11 Å². The fourth-order valence-corrected chi connectivity index (χ4v) is 0. The summed E-state index contributed by atoms with van der Waals surface area (Å²) in [5, 5.41) is 7.57. The smallest absolute Gasteiger partial charge is 0.187 e. The summed E-state index contributed by atoms with van der Waals surface area (Å²) in [5.41, 5.74) is 0. The molecule has 0 aliphatic carbocycles. The van der Waals surface area contributed by atoms with Crippen LogP contribution in [0.1, 0.15) is 13.8 Å². The molecule has 0 atom stereocenters. The van der Waals surface area contributed by atoms with E-state index in [1.165, 1.54) is 6.92 Å². The first kappa shape index (κ1) is 11.6. The van der Waals surface area contributed by atoms with E-state index >= 15 is 0 Å². The first-order chi connectivity index (χ1) is 3.41. The quantitative estimate of drug-likeness (QED) is 0.566. The van der Waals surface area contributed by atoms with Crippen molar-refractivity contribution in [2.45, 2.75) is 17.6 Å². The minimum Gasteiger partial charge on any atom is -0.397 e. The van der Waals surface area contributed by atoms with Gasteiger partial charge in [-0.25, -0.2) is 0 Å². The fourth-order valence-electron chi connectivity index (χ4n) is 0. The molecule has 0 aromatic carbocycles. The highest BCUT2D eigenvalue weighted by Gasteiger charge is 2.07. The Balaban J connectivity index is 0. The van der Waals surface area contributed by atoms with Gasteiger partial charge in [-0.3, -0.25) is 0 Å². The Morgan fingerprint density at radius 1 is 1.38 bits per heavy atom.